The molecule has 1 aromatic carbocycles. The molecule has 0 atom stereocenters. The van der Waals surface area contributed by atoms with E-state index in [0.717, 1.165) is 16.7 Å². The number of nitrogens with one attached hydrogen (secondary N) is 3. The van der Waals surface area contributed by atoms with Crippen LogP contribution in [0.5, 0.6) is 0 Å². The van der Waals surface area contributed by atoms with Crippen LogP contribution in [-0.2, 0) is 12.6 Å². The fourth-order valence-corrected chi connectivity index (χ4v) is 3.00. The van der Waals surface area contributed by atoms with Gasteiger partial charge in [0.1, 0.15) is 0 Å². The maximum absolute atomic E-state index is 12.6. The quantitative estimate of drug-likeness (QED) is 0.208. The van der Waals surface area contributed by atoms with Crippen LogP contribution in [0.3, 0.4) is 0 Å². The number of aliphatic imine (C=N–C) groups is 1. The van der Waals surface area contributed by atoms with Gasteiger partial charge in [0.15, 0.2) is 11.7 Å². The van der Waals surface area contributed by atoms with E-state index in [0.29, 0.717) is 49.1 Å². The van der Waals surface area contributed by atoms with Crippen molar-refractivity contribution < 1.29 is 18.0 Å². The number of guanidine groups is 1. The lowest BCUT2D eigenvalue weighted by Crippen LogP contribution is -2.41. The van der Waals surface area contributed by atoms with Crippen LogP contribution in [0.2, 0.25) is 0 Å². The molecule has 0 saturated carbocycles. The van der Waals surface area contributed by atoms with Gasteiger partial charge in [-0.15, -0.1) is 35.3 Å². The molecule has 0 aliphatic heterocycles. The van der Waals surface area contributed by atoms with Crippen molar-refractivity contribution in [3.8, 4) is 0 Å². The van der Waals surface area contributed by atoms with Crippen LogP contribution in [0.4, 0.5) is 13.2 Å². The number of benzene rings is 1. The summed E-state index contributed by atoms with van der Waals surface area (Å²) in [7, 11) is 0. The molecule has 6 nitrogen and oxygen atoms in total. The molecular formula is C18H23F3IN5OS. The zero-order chi connectivity index (χ0) is 20.4. The monoisotopic (exact) mass is 541 g/mol. The van der Waals surface area contributed by atoms with Crippen LogP contribution in [0.25, 0.3) is 0 Å². The molecule has 3 N–H and O–H groups in total. The summed E-state index contributed by atoms with van der Waals surface area (Å²) in [6.45, 7) is 3.71. The summed E-state index contributed by atoms with van der Waals surface area (Å²) in [4.78, 5) is 19.9. The predicted octanol–water partition coefficient (Wildman–Crippen LogP) is 3.31. The number of carbonyl (C=O) groups excluding carboxylic acids is 1. The molecule has 0 aliphatic carbocycles. The SMILES string of the molecule is CCNC(=NCCc1nc(C(F)(F)F)cs1)NCCNC(=O)c1ccccc1.I. The van der Waals surface area contributed by atoms with Gasteiger partial charge in [0.05, 0.1) is 5.01 Å². The van der Waals surface area contributed by atoms with E-state index in [-0.39, 0.29) is 29.9 Å². The van der Waals surface area contributed by atoms with Crippen molar-refractivity contribution in [2.24, 2.45) is 4.99 Å². The standard InChI is InChI=1S/C18H22F3N5OS.HI/c1-2-22-17(24-9-8-15-26-14(12-28-15)18(19,20)21)25-11-10-23-16(27)13-6-4-3-5-7-13;/h3-7,12H,2,8-11H2,1H3,(H,23,27)(H2,22,24,25);1H. The predicted molar refractivity (Wildman–Crippen MR) is 119 cm³/mol. The van der Waals surface area contributed by atoms with Gasteiger partial charge in [-0.2, -0.15) is 13.2 Å². The topological polar surface area (TPSA) is 78.4 Å². The van der Waals surface area contributed by atoms with E-state index in [2.05, 4.69) is 25.9 Å². The average molecular weight is 541 g/mol. The minimum absolute atomic E-state index is 0. The highest BCUT2D eigenvalue weighted by Crippen LogP contribution is 2.30. The van der Waals surface area contributed by atoms with E-state index in [1.807, 2.05) is 13.0 Å². The lowest BCUT2D eigenvalue weighted by Gasteiger charge is -2.11. The number of aromatic nitrogens is 1. The van der Waals surface area contributed by atoms with Gasteiger partial charge in [-0.05, 0) is 19.1 Å². The minimum atomic E-state index is -4.42. The molecule has 160 valence electrons. The van der Waals surface area contributed by atoms with E-state index in [4.69, 9.17) is 0 Å². The van der Waals surface area contributed by atoms with Gasteiger partial charge in [-0.3, -0.25) is 9.79 Å². The largest absolute Gasteiger partial charge is 0.434 e. The average Bonchev–Trinajstić information content (AvgIpc) is 3.15. The van der Waals surface area contributed by atoms with Crippen LogP contribution >= 0.6 is 35.3 Å². The summed E-state index contributed by atoms with van der Waals surface area (Å²) >= 11 is 0.975. The number of halogens is 4. The molecule has 0 bridgehead atoms. The van der Waals surface area contributed by atoms with Crippen molar-refractivity contribution in [3.63, 3.8) is 0 Å². The highest BCUT2D eigenvalue weighted by Gasteiger charge is 2.33. The first-order valence-electron chi connectivity index (χ1n) is 8.77. The van der Waals surface area contributed by atoms with Crippen LogP contribution in [0.15, 0.2) is 40.7 Å². The molecule has 0 fully saturated rings. The second-order valence-electron chi connectivity index (χ2n) is 5.68. The Morgan fingerprint density at radius 3 is 2.45 bits per heavy atom. The molecule has 0 unspecified atom stereocenters. The van der Waals surface area contributed by atoms with E-state index < -0.39 is 11.9 Å². The fourth-order valence-electron chi connectivity index (χ4n) is 2.21. The molecule has 1 heterocycles. The summed E-state index contributed by atoms with van der Waals surface area (Å²) in [6, 6.07) is 8.90. The van der Waals surface area contributed by atoms with E-state index in [1.54, 1.807) is 24.3 Å². The summed E-state index contributed by atoms with van der Waals surface area (Å²) in [5.74, 6) is 0.373. The molecule has 0 radical (unpaired) electrons. The Balaban J connectivity index is 0.00000420. The van der Waals surface area contributed by atoms with Gasteiger partial charge >= 0.3 is 6.18 Å². The molecule has 1 amide bonds. The molecule has 1 aromatic heterocycles. The summed E-state index contributed by atoms with van der Waals surface area (Å²) < 4.78 is 37.7. The molecule has 2 rings (SSSR count). The molecule has 0 saturated heterocycles. The first-order valence-corrected chi connectivity index (χ1v) is 9.65. The third-order valence-electron chi connectivity index (χ3n) is 3.52. The molecule has 0 spiro atoms. The zero-order valence-corrected chi connectivity index (χ0v) is 18.9. The zero-order valence-electron chi connectivity index (χ0n) is 15.8. The lowest BCUT2D eigenvalue weighted by atomic mass is 10.2. The van der Waals surface area contributed by atoms with Gasteiger partial charge in [-0.1, -0.05) is 18.2 Å². The first-order chi connectivity index (χ1) is 13.4. The van der Waals surface area contributed by atoms with Crippen molar-refractivity contribution in [1.82, 2.24) is 20.9 Å². The second-order valence-corrected chi connectivity index (χ2v) is 6.63. The maximum atomic E-state index is 12.6. The number of nitrogens with zero attached hydrogens (tertiary/aromatic N) is 2. The van der Waals surface area contributed by atoms with Crippen molar-refractivity contribution in [1.29, 1.82) is 0 Å². The van der Waals surface area contributed by atoms with Gasteiger partial charge < -0.3 is 16.0 Å². The second kappa shape index (κ2) is 12.6. The van der Waals surface area contributed by atoms with Crippen LogP contribution in [0, 0.1) is 0 Å². The summed E-state index contributed by atoms with van der Waals surface area (Å²) in [5.41, 5.74) is -0.277. The number of carbonyl (C=O) groups is 1. The Labute approximate surface area is 188 Å². The normalized spacial score (nSPS) is 11.5. The van der Waals surface area contributed by atoms with E-state index in [1.165, 1.54) is 0 Å². The number of alkyl halides is 3. The van der Waals surface area contributed by atoms with Gasteiger partial charge in [0.25, 0.3) is 5.91 Å². The van der Waals surface area contributed by atoms with Crippen molar-refractivity contribution in [2.45, 2.75) is 19.5 Å². The number of thiazole rings is 1. The molecular weight excluding hydrogens is 518 g/mol. The van der Waals surface area contributed by atoms with Crippen molar-refractivity contribution >= 4 is 47.2 Å². The lowest BCUT2D eigenvalue weighted by molar-refractivity contribution is -0.140. The molecule has 0 aliphatic rings. The van der Waals surface area contributed by atoms with Crippen molar-refractivity contribution in [2.75, 3.05) is 26.2 Å². The Bertz CT molecular complexity index is 783. The third-order valence-corrected chi connectivity index (χ3v) is 4.43. The number of hydrogen-bond acceptors (Lipinski definition) is 4. The summed E-state index contributed by atoms with van der Waals surface area (Å²) in [6.07, 6.45) is -4.10. The van der Waals surface area contributed by atoms with Gasteiger partial charge in [0.2, 0.25) is 0 Å². The van der Waals surface area contributed by atoms with E-state index in [9.17, 15) is 18.0 Å². The Morgan fingerprint density at radius 2 is 1.83 bits per heavy atom. The molecule has 2 aromatic rings. The third kappa shape index (κ3) is 8.98. The smallest absolute Gasteiger partial charge is 0.357 e. The Hall–Kier alpha value is -1.89. The van der Waals surface area contributed by atoms with Crippen LogP contribution in [0.1, 0.15) is 28.0 Å². The van der Waals surface area contributed by atoms with Crippen LogP contribution in [-0.4, -0.2) is 43.0 Å². The fraction of sp³-hybridized carbons (Fsp3) is 0.389. The highest BCUT2D eigenvalue weighted by molar-refractivity contribution is 14.0. The first kappa shape index (κ1) is 25.1. The number of hydrogen-bond donors (Lipinski definition) is 3. The van der Waals surface area contributed by atoms with Crippen molar-refractivity contribution in [3.05, 3.63) is 52.0 Å². The molecule has 29 heavy (non-hydrogen) atoms. The Kier molecular flexibility index (Phi) is 10.9. The van der Waals surface area contributed by atoms with Crippen LogP contribution < -0.4 is 16.0 Å². The summed E-state index contributed by atoms with van der Waals surface area (Å²) in [5, 5.41) is 10.3. The van der Waals surface area contributed by atoms with Gasteiger partial charge in [-0.25, -0.2) is 4.98 Å². The maximum Gasteiger partial charge on any atom is 0.434 e. The number of rotatable bonds is 8. The highest BCUT2D eigenvalue weighted by atomic mass is 127. The molecule has 11 heteroatoms. The minimum Gasteiger partial charge on any atom is -0.357 e. The van der Waals surface area contributed by atoms with Gasteiger partial charge in [0, 0.05) is 43.5 Å². The Morgan fingerprint density at radius 1 is 1.14 bits per heavy atom. The van der Waals surface area contributed by atoms with E-state index >= 15 is 0 Å². The number of amides is 1.